The molecule has 0 aliphatic rings. The van der Waals surface area contributed by atoms with Gasteiger partial charge in [-0.1, -0.05) is 0 Å². The van der Waals surface area contributed by atoms with Gasteiger partial charge in [-0.05, 0) is 6.42 Å². The fourth-order valence-electron chi connectivity index (χ4n) is 0.397. The summed E-state index contributed by atoms with van der Waals surface area (Å²) in [5.74, 6) is -2.47. The van der Waals surface area contributed by atoms with Gasteiger partial charge in [-0.15, -0.1) is 0 Å². The number of hydrogen-bond acceptors (Lipinski definition) is 10. The molecule has 0 rings (SSSR count). The number of rotatable bonds is 4. The Morgan fingerprint density at radius 2 is 1.29 bits per heavy atom. The summed E-state index contributed by atoms with van der Waals surface area (Å²) in [4.78, 5) is 36.2. The third kappa shape index (κ3) is 86.8. The Morgan fingerprint density at radius 1 is 1.05 bits per heavy atom. The summed E-state index contributed by atoms with van der Waals surface area (Å²) in [5.41, 5.74) is 4.94. The Bertz CT molecular complexity index is 282. The van der Waals surface area contributed by atoms with Crippen LogP contribution in [0.4, 0.5) is 0 Å². The third-order valence-electron chi connectivity index (χ3n) is 0.972. The Labute approximate surface area is 159 Å². The van der Waals surface area contributed by atoms with Crippen molar-refractivity contribution in [3.05, 3.63) is 30.6 Å². The van der Waals surface area contributed by atoms with Gasteiger partial charge in [0.1, 0.15) is 0 Å². The van der Waals surface area contributed by atoms with Crippen molar-refractivity contribution in [2.45, 2.75) is 18.9 Å². The Morgan fingerprint density at radius 3 is 1.43 bits per heavy atom. The van der Waals surface area contributed by atoms with E-state index < -0.39 is 28.2 Å². The number of carboxylic acid groups (broad SMARTS) is 2. The molecule has 0 heterocycles. The molecule has 0 unspecified atom stereocenters. The van der Waals surface area contributed by atoms with E-state index in [2.05, 4.69) is 0 Å². The van der Waals surface area contributed by atoms with Crippen LogP contribution in [0.15, 0.2) is 0 Å². The van der Waals surface area contributed by atoms with Crippen LogP contribution in [0.3, 0.4) is 0 Å². The summed E-state index contributed by atoms with van der Waals surface area (Å²) >= 11 is 0. The topological polar surface area (TPSA) is 309 Å². The normalized spacial score (nSPS) is 8.24. The van der Waals surface area contributed by atoms with E-state index in [1.807, 2.05) is 0 Å². The number of nitrogens with zero attached hydrogens (tertiary/aromatic N) is 2. The molecular weight excluding hydrogens is 329 g/mol. The van der Waals surface area contributed by atoms with Crippen molar-refractivity contribution in [2.24, 2.45) is 5.73 Å². The van der Waals surface area contributed by atoms with E-state index in [1.54, 1.807) is 0 Å². The fraction of sp³-hybridized carbons (Fsp3) is 0.600. The van der Waals surface area contributed by atoms with Gasteiger partial charge >= 0.3 is 57.4 Å². The van der Waals surface area contributed by atoms with Gasteiger partial charge in [0.15, 0.2) is 0 Å². The molecule has 0 aromatic rings. The Kier molecular flexibility index (Phi) is 41.9. The predicted molar refractivity (Wildman–Crippen MR) is 62.5 cm³/mol. The Balaban J connectivity index is -0.0000000439. The van der Waals surface area contributed by atoms with Crippen molar-refractivity contribution in [3.63, 3.8) is 0 Å². The van der Waals surface area contributed by atoms with Gasteiger partial charge in [-0.25, -0.2) is 0 Å². The van der Waals surface area contributed by atoms with Crippen molar-refractivity contribution >= 4 is 11.9 Å². The largest absolute Gasteiger partial charge is 1.00 e. The molecule has 0 saturated carbocycles. The second-order valence-electron chi connectivity index (χ2n) is 2.31. The molecule has 16 heteroatoms. The van der Waals surface area contributed by atoms with Crippen LogP contribution in [0.25, 0.3) is 0 Å². The molecule has 21 heavy (non-hydrogen) atoms. The molecule has 0 radical (unpaired) electrons. The van der Waals surface area contributed by atoms with Crippen molar-refractivity contribution in [1.82, 2.24) is 12.3 Å². The maximum Gasteiger partial charge on any atom is 1.00 e. The van der Waals surface area contributed by atoms with Gasteiger partial charge in [0.05, 0.1) is 16.1 Å². The minimum absolute atomic E-state index is 0. The predicted octanol–water partition coefficient (Wildman–Crippen LogP) is -4.79. The first-order valence-corrected chi connectivity index (χ1v) is 3.82. The van der Waals surface area contributed by atoms with Gasteiger partial charge in [0.25, 0.3) is 0 Å². The van der Waals surface area contributed by atoms with E-state index in [1.165, 1.54) is 0 Å². The zero-order valence-electron chi connectivity index (χ0n) is 11.6. The quantitative estimate of drug-likeness (QED) is 0.212. The molecule has 1 atom stereocenters. The molecule has 0 amide bonds. The van der Waals surface area contributed by atoms with Crippen LogP contribution < -0.4 is 74.5 Å². The third-order valence-corrected chi connectivity index (χ3v) is 0.972. The average Bonchev–Trinajstić information content (AvgIpc) is 2.11. The first-order valence-electron chi connectivity index (χ1n) is 3.82. The van der Waals surface area contributed by atoms with Crippen LogP contribution in [0, 0.1) is 30.6 Å². The van der Waals surface area contributed by atoms with Crippen LogP contribution >= 0.6 is 0 Å². The average molecular weight is 345 g/mol. The number of aliphatic carboxylic acids is 2. The summed E-state index contributed by atoms with van der Waals surface area (Å²) in [6.45, 7) is 0. The molecule has 0 aromatic carbocycles. The number of carbonyl (C=O) groups is 2. The minimum Gasteiger partial charge on any atom is -0.548 e. The molecule has 0 bridgehead atoms. The minimum atomic E-state index is -1.75. The van der Waals surface area contributed by atoms with Crippen molar-refractivity contribution < 1.29 is 81.4 Å². The van der Waals surface area contributed by atoms with Gasteiger partial charge in [0, 0.05) is 12.5 Å². The monoisotopic (exact) mass is 345 g/mol. The van der Waals surface area contributed by atoms with Crippen LogP contribution in [0.5, 0.6) is 0 Å². The van der Waals surface area contributed by atoms with Crippen LogP contribution in [0.2, 0.25) is 0 Å². The van der Waals surface area contributed by atoms with E-state index in [9.17, 15) is 14.7 Å². The molecule has 15 nitrogen and oxygen atoms in total. The molecule has 122 valence electrons. The standard InChI is InChI=1S/C5H9NO4.K.2NO3.2H3N/c6-3(5(9)10)1-2-4(7)8;;2*2-1(3)4;;/h3H,1-2,6H2,(H,7,8)(H,9,10);;;;2*1H3/q;+1;2*-1;;/p+1/t3-;;;;;/m0...../s1. The van der Waals surface area contributed by atoms with E-state index in [0.717, 1.165) is 0 Å². The second-order valence-corrected chi connectivity index (χ2v) is 2.31. The molecule has 11 N–H and O–H groups in total. The summed E-state index contributed by atoms with van der Waals surface area (Å²) in [6.07, 6.45) is -0.327. The van der Waals surface area contributed by atoms with Gasteiger partial charge < -0.3 is 63.7 Å². The van der Waals surface area contributed by atoms with E-state index >= 15 is 0 Å². The summed E-state index contributed by atoms with van der Waals surface area (Å²) < 4.78 is 0. The van der Waals surface area contributed by atoms with Gasteiger partial charge in [-0.3, -0.25) is 4.79 Å². The summed E-state index contributed by atoms with van der Waals surface area (Å²) in [5, 5.41) is 47.5. The van der Waals surface area contributed by atoms with E-state index in [4.69, 9.17) is 41.5 Å². The number of carbonyl (C=O) groups excluding carboxylic acids is 1. The number of hydrogen-bond donors (Lipinski definition) is 4. The smallest absolute Gasteiger partial charge is 0.548 e. The number of quaternary nitrogens is 2. The van der Waals surface area contributed by atoms with Crippen LogP contribution in [0.1, 0.15) is 12.8 Å². The zero-order chi connectivity index (χ0) is 15.3. The van der Waals surface area contributed by atoms with Crippen molar-refractivity contribution in [2.75, 3.05) is 0 Å². The van der Waals surface area contributed by atoms with E-state index in [0.29, 0.717) is 0 Å². The molecule has 0 saturated heterocycles. The van der Waals surface area contributed by atoms with Crippen molar-refractivity contribution in [3.8, 4) is 0 Å². The van der Waals surface area contributed by atoms with Crippen LogP contribution in [-0.4, -0.2) is 33.3 Å². The Hall–Kier alpha value is -1.14. The number of carboxylic acids is 2. The zero-order valence-corrected chi connectivity index (χ0v) is 14.7. The summed E-state index contributed by atoms with van der Waals surface area (Å²) in [7, 11) is 0. The van der Waals surface area contributed by atoms with E-state index in [-0.39, 0.29) is 76.5 Å². The first-order chi connectivity index (χ1) is 8.00. The number of nitrogens with two attached hydrogens (primary N) is 1. The maximum absolute atomic E-state index is 9.88. The van der Waals surface area contributed by atoms with Crippen LogP contribution in [-0.2, 0) is 9.59 Å². The first kappa shape index (κ1) is 36.8. The maximum atomic E-state index is 9.88. The molecule has 0 spiro atoms. The van der Waals surface area contributed by atoms with Crippen molar-refractivity contribution in [1.29, 1.82) is 0 Å². The molecule has 0 aliphatic heterocycles. The molecule has 0 aromatic heterocycles. The fourth-order valence-corrected chi connectivity index (χ4v) is 0.397. The molecular formula is C5H16KN5O10. The SMILES string of the molecule is N[C@@H](CCC(=O)O)C(=O)[O-].O=[N+]([O-])[O-].O=[N+]([O-])[O-].[K+].[NH4+].[NH4+]. The molecule has 0 fully saturated rings. The second kappa shape index (κ2) is 23.9. The van der Waals surface area contributed by atoms with Gasteiger partial charge in [0.2, 0.25) is 0 Å². The molecule has 0 aliphatic carbocycles. The summed E-state index contributed by atoms with van der Waals surface area (Å²) in [6, 6.07) is -1.17. The van der Waals surface area contributed by atoms with Gasteiger partial charge in [-0.2, -0.15) is 0 Å².